The van der Waals surface area contributed by atoms with Gasteiger partial charge in [0.05, 0.1) is 11.4 Å². The largest absolute Gasteiger partial charge is 0.355 e. The third-order valence-corrected chi connectivity index (χ3v) is 6.49. The van der Waals surface area contributed by atoms with Gasteiger partial charge in [-0.25, -0.2) is 8.42 Å². The molecule has 2 N–H and O–H groups in total. The van der Waals surface area contributed by atoms with E-state index in [-0.39, 0.29) is 17.3 Å². The fourth-order valence-electron chi connectivity index (χ4n) is 2.58. The topological polar surface area (TPSA) is 100 Å². The number of carbonyl (C=O) groups excluding carboxylic acids is 1. The van der Waals surface area contributed by atoms with Crippen LogP contribution in [0.5, 0.6) is 0 Å². The lowest BCUT2D eigenvalue weighted by Crippen LogP contribution is -2.39. The monoisotopic (exact) mass is 411 g/mol. The number of aromatic nitrogens is 3. The van der Waals surface area contributed by atoms with E-state index in [0.717, 1.165) is 21.3 Å². The van der Waals surface area contributed by atoms with Gasteiger partial charge in [-0.1, -0.05) is 6.07 Å². The summed E-state index contributed by atoms with van der Waals surface area (Å²) in [6.07, 6.45) is 0.500. The molecule has 0 saturated carbocycles. The highest BCUT2D eigenvalue weighted by Gasteiger charge is 2.23. The number of carbonyl (C=O) groups is 1. The molecule has 0 fully saturated rings. The van der Waals surface area contributed by atoms with Gasteiger partial charge in [-0.05, 0) is 56.2 Å². The SMILES string of the molecule is CCn1c(CCNC(=O)CN(C)S(=O)(=O)c2ccc(C)c(C)c2)n[nH]c1=S. The van der Waals surface area contributed by atoms with Gasteiger partial charge < -0.3 is 9.88 Å². The van der Waals surface area contributed by atoms with E-state index in [1.807, 2.05) is 25.3 Å². The number of nitrogens with one attached hydrogen (secondary N) is 2. The minimum atomic E-state index is -3.72. The Labute approximate surface area is 164 Å². The number of likely N-dealkylation sites (N-methyl/N-ethyl adjacent to an activating group) is 1. The van der Waals surface area contributed by atoms with E-state index in [0.29, 0.717) is 24.3 Å². The summed E-state index contributed by atoms with van der Waals surface area (Å²) in [7, 11) is -2.33. The van der Waals surface area contributed by atoms with Crippen LogP contribution in [-0.2, 0) is 27.8 Å². The summed E-state index contributed by atoms with van der Waals surface area (Å²) >= 11 is 5.12. The number of H-pyrrole nitrogens is 1. The highest BCUT2D eigenvalue weighted by atomic mass is 32.2. The molecule has 0 atom stereocenters. The maximum atomic E-state index is 12.6. The third kappa shape index (κ3) is 5.02. The van der Waals surface area contributed by atoms with E-state index >= 15 is 0 Å². The fourth-order valence-corrected chi connectivity index (χ4v) is 4.07. The number of hydrogen-bond acceptors (Lipinski definition) is 5. The molecule has 2 rings (SSSR count). The molecule has 1 amide bonds. The molecule has 8 nitrogen and oxygen atoms in total. The van der Waals surface area contributed by atoms with Crippen molar-refractivity contribution in [3.05, 3.63) is 39.9 Å². The number of aryl methyl sites for hydroxylation is 2. The summed E-state index contributed by atoms with van der Waals surface area (Å²) in [6, 6.07) is 4.93. The van der Waals surface area contributed by atoms with Gasteiger partial charge in [0.1, 0.15) is 5.82 Å². The van der Waals surface area contributed by atoms with E-state index < -0.39 is 10.0 Å². The number of amides is 1. The highest BCUT2D eigenvalue weighted by molar-refractivity contribution is 7.89. The summed E-state index contributed by atoms with van der Waals surface area (Å²) in [6.45, 7) is 6.51. The van der Waals surface area contributed by atoms with E-state index in [9.17, 15) is 13.2 Å². The van der Waals surface area contributed by atoms with E-state index in [1.165, 1.54) is 7.05 Å². The Morgan fingerprint density at radius 2 is 2.04 bits per heavy atom. The summed E-state index contributed by atoms with van der Waals surface area (Å²) in [4.78, 5) is 12.3. The molecule has 1 aromatic carbocycles. The first-order valence-electron chi connectivity index (χ1n) is 8.61. The molecule has 0 aliphatic rings. The maximum Gasteiger partial charge on any atom is 0.243 e. The van der Waals surface area contributed by atoms with Crippen molar-refractivity contribution < 1.29 is 13.2 Å². The second kappa shape index (κ2) is 8.77. The van der Waals surface area contributed by atoms with Crippen LogP contribution in [0.3, 0.4) is 0 Å². The van der Waals surface area contributed by atoms with Crippen molar-refractivity contribution >= 4 is 28.1 Å². The van der Waals surface area contributed by atoms with Crippen molar-refractivity contribution in [2.24, 2.45) is 0 Å². The average molecular weight is 412 g/mol. The zero-order chi connectivity index (χ0) is 20.2. The molecule has 27 heavy (non-hydrogen) atoms. The van der Waals surface area contributed by atoms with Gasteiger partial charge in [0, 0.05) is 26.6 Å². The lowest BCUT2D eigenvalue weighted by Gasteiger charge is -2.17. The molecule has 0 radical (unpaired) electrons. The Bertz CT molecular complexity index is 979. The van der Waals surface area contributed by atoms with Crippen LogP contribution < -0.4 is 5.32 Å². The molecule has 0 saturated heterocycles. The minimum Gasteiger partial charge on any atom is -0.355 e. The van der Waals surface area contributed by atoms with Gasteiger partial charge in [0.15, 0.2) is 4.77 Å². The number of hydrogen-bond donors (Lipinski definition) is 2. The minimum absolute atomic E-state index is 0.180. The predicted molar refractivity (Wildman–Crippen MR) is 106 cm³/mol. The first-order chi connectivity index (χ1) is 12.7. The lowest BCUT2D eigenvalue weighted by atomic mass is 10.1. The molecule has 0 aliphatic carbocycles. The summed E-state index contributed by atoms with van der Waals surface area (Å²) in [5.41, 5.74) is 1.90. The molecule has 0 spiro atoms. The van der Waals surface area contributed by atoms with E-state index in [2.05, 4.69) is 15.5 Å². The summed E-state index contributed by atoms with van der Waals surface area (Å²) in [5, 5.41) is 9.57. The number of aromatic amines is 1. The van der Waals surface area contributed by atoms with Crippen LogP contribution in [0.15, 0.2) is 23.1 Å². The van der Waals surface area contributed by atoms with Crippen LogP contribution in [-0.4, -0.2) is 53.5 Å². The lowest BCUT2D eigenvalue weighted by molar-refractivity contribution is -0.121. The number of benzene rings is 1. The first kappa shape index (κ1) is 21.3. The van der Waals surface area contributed by atoms with Crippen LogP contribution >= 0.6 is 12.2 Å². The second-order valence-corrected chi connectivity index (χ2v) is 8.73. The van der Waals surface area contributed by atoms with Gasteiger partial charge in [0.25, 0.3) is 0 Å². The maximum absolute atomic E-state index is 12.6. The van der Waals surface area contributed by atoms with Crippen molar-refractivity contribution in [3.8, 4) is 0 Å². The predicted octanol–water partition coefficient (Wildman–Crippen LogP) is 1.56. The molecular weight excluding hydrogens is 386 g/mol. The summed E-state index contributed by atoms with van der Waals surface area (Å²) in [5.74, 6) is 0.376. The Balaban J connectivity index is 1.94. The van der Waals surface area contributed by atoms with Crippen molar-refractivity contribution in [3.63, 3.8) is 0 Å². The van der Waals surface area contributed by atoms with Crippen LogP contribution in [0.4, 0.5) is 0 Å². The fraction of sp³-hybridized carbons (Fsp3) is 0.471. The molecule has 1 heterocycles. The van der Waals surface area contributed by atoms with Gasteiger partial charge in [0.2, 0.25) is 15.9 Å². The Hall–Kier alpha value is -2.04. The number of rotatable bonds is 8. The average Bonchev–Trinajstić information content (AvgIpc) is 2.96. The van der Waals surface area contributed by atoms with E-state index in [1.54, 1.807) is 18.2 Å². The molecule has 148 valence electrons. The van der Waals surface area contributed by atoms with Crippen molar-refractivity contribution in [2.75, 3.05) is 20.1 Å². The van der Waals surface area contributed by atoms with Gasteiger partial charge in [-0.3, -0.25) is 9.89 Å². The number of nitrogens with zero attached hydrogens (tertiary/aromatic N) is 3. The quantitative estimate of drug-likeness (QED) is 0.642. The molecule has 10 heteroatoms. The van der Waals surface area contributed by atoms with Gasteiger partial charge >= 0.3 is 0 Å². The van der Waals surface area contributed by atoms with Gasteiger partial charge in [-0.2, -0.15) is 9.40 Å². The third-order valence-electron chi connectivity index (χ3n) is 4.38. The van der Waals surface area contributed by atoms with Crippen molar-refractivity contribution in [1.29, 1.82) is 0 Å². The Morgan fingerprint density at radius 3 is 2.67 bits per heavy atom. The first-order valence-corrected chi connectivity index (χ1v) is 10.5. The standard InChI is InChI=1S/C17H25N5O3S2/c1-5-22-15(19-20-17(22)26)8-9-18-16(23)11-21(4)27(24,25)14-7-6-12(2)13(3)10-14/h6-7,10H,5,8-9,11H2,1-4H3,(H,18,23)(H,20,26). The van der Waals surface area contributed by atoms with Crippen LogP contribution in [0.1, 0.15) is 23.9 Å². The molecular formula is C17H25N5O3S2. The zero-order valence-corrected chi connectivity index (χ0v) is 17.6. The smallest absolute Gasteiger partial charge is 0.243 e. The van der Waals surface area contributed by atoms with Crippen LogP contribution in [0.2, 0.25) is 0 Å². The molecule has 0 unspecified atom stereocenters. The summed E-state index contributed by atoms with van der Waals surface area (Å²) < 4.78 is 28.7. The van der Waals surface area contributed by atoms with Crippen molar-refractivity contribution in [2.45, 2.75) is 38.6 Å². The van der Waals surface area contributed by atoms with Crippen molar-refractivity contribution in [1.82, 2.24) is 24.4 Å². The normalized spacial score (nSPS) is 11.7. The molecule has 0 aliphatic heterocycles. The Kier molecular flexibility index (Phi) is 6.90. The Morgan fingerprint density at radius 1 is 1.33 bits per heavy atom. The van der Waals surface area contributed by atoms with E-state index in [4.69, 9.17) is 12.2 Å². The molecule has 1 aromatic heterocycles. The van der Waals surface area contributed by atoms with Gasteiger partial charge in [-0.15, -0.1) is 0 Å². The molecule has 2 aromatic rings. The number of sulfonamides is 1. The zero-order valence-electron chi connectivity index (χ0n) is 15.9. The van der Waals surface area contributed by atoms with Crippen LogP contribution in [0, 0.1) is 18.6 Å². The highest BCUT2D eigenvalue weighted by Crippen LogP contribution is 2.17. The van der Waals surface area contributed by atoms with Crippen LogP contribution in [0.25, 0.3) is 0 Å². The second-order valence-electron chi connectivity index (χ2n) is 6.30. The molecule has 0 bridgehead atoms.